The third-order valence-corrected chi connectivity index (χ3v) is 3.66. The first-order chi connectivity index (χ1) is 9.60. The van der Waals surface area contributed by atoms with E-state index in [1.165, 1.54) is 0 Å². The Hall–Kier alpha value is -1.99. The van der Waals surface area contributed by atoms with Gasteiger partial charge in [0.1, 0.15) is 11.8 Å². The van der Waals surface area contributed by atoms with Crippen LogP contribution in [0.4, 0.5) is 5.95 Å². The van der Waals surface area contributed by atoms with E-state index < -0.39 is 0 Å². The number of carbonyl (C=O) groups excluding carboxylic acids is 1. The fourth-order valence-corrected chi connectivity index (χ4v) is 2.56. The van der Waals surface area contributed by atoms with E-state index in [1.807, 2.05) is 17.5 Å². The lowest BCUT2D eigenvalue weighted by atomic mass is 10.2. The highest BCUT2D eigenvalue weighted by Crippen LogP contribution is 2.21. The molecule has 0 aliphatic rings. The van der Waals surface area contributed by atoms with Crippen LogP contribution in [-0.4, -0.2) is 29.5 Å². The molecule has 0 aromatic carbocycles. The molecular weight excluding hydrogens is 276 g/mol. The van der Waals surface area contributed by atoms with Gasteiger partial charge in [-0.25, -0.2) is 9.97 Å². The van der Waals surface area contributed by atoms with Gasteiger partial charge in [-0.2, -0.15) is 0 Å². The van der Waals surface area contributed by atoms with E-state index in [1.54, 1.807) is 31.4 Å². The molecule has 2 aromatic rings. The Morgan fingerprint density at radius 2 is 2.35 bits per heavy atom. The second-order valence-corrected chi connectivity index (χ2v) is 5.18. The molecule has 20 heavy (non-hydrogen) atoms. The zero-order valence-electron chi connectivity index (χ0n) is 11.3. The third-order valence-electron chi connectivity index (χ3n) is 2.70. The fraction of sp³-hybridized carbons (Fsp3) is 0.308. The molecule has 0 fully saturated rings. The Kier molecular flexibility index (Phi) is 4.65. The number of aromatic nitrogens is 2. The van der Waals surface area contributed by atoms with Gasteiger partial charge < -0.3 is 15.8 Å². The predicted octanol–water partition coefficient (Wildman–Crippen LogP) is 1.55. The van der Waals surface area contributed by atoms with Crippen molar-refractivity contribution in [2.75, 3.05) is 19.4 Å². The van der Waals surface area contributed by atoms with Crippen LogP contribution in [0, 0.1) is 6.92 Å². The maximum absolute atomic E-state index is 12.0. The highest BCUT2D eigenvalue weighted by Gasteiger charge is 2.15. The van der Waals surface area contributed by atoms with Gasteiger partial charge in [-0.15, -0.1) is 11.3 Å². The zero-order chi connectivity index (χ0) is 14.5. The summed E-state index contributed by atoms with van der Waals surface area (Å²) in [5, 5.41) is 4.76. The first-order valence-corrected chi connectivity index (χ1v) is 6.93. The van der Waals surface area contributed by atoms with Crippen molar-refractivity contribution < 1.29 is 9.53 Å². The Labute approximate surface area is 121 Å². The largest absolute Gasteiger partial charge is 0.374 e. The second-order valence-electron chi connectivity index (χ2n) is 4.20. The average Bonchev–Trinajstić information content (AvgIpc) is 2.92. The van der Waals surface area contributed by atoms with Gasteiger partial charge in [-0.3, -0.25) is 4.79 Å². The number of hydrogen-bond acceptors (Lipinski definition) is 6. The molecular formula is C13H16N4O2S. The number of rotatable bonds is 5. The predicted molar refractivity (Wildman–Crippen MR) is 77.6 cm³/mol. The quantitative estimate of drug-likeness (QED) is 0.872. The first-order valence-electron chi connectivity index (χ1n) is 6.05. The van der Waals surface area contributed by atoms with E-state index in [2.05, 4.69) is 15.3 Å². The van der Waals surface area contributed by atoms with Gasteiger partial charge >= 0.3 is 0 Å². The van der Waals surface area contributed by atoms with Crippen molar-refractivity contribution >= 4 is 23.2 Å². The number of methoxy groups -OCH3 is 1. The summed E-state index contributed by atoms with van der Waals surface area (Å²) in [6.07, 6.45) is -0.167. The summed E-state index contributed by atoms with van der Waals surface area (Å²) >= 11 is 1.59. The highest BCUT2D eigenvalue weighted by molar-refractivity contribution is 7.10. The number of nitrogens with two attached hydrogens (primary N) is 1. The van der Waals surface area contributed by atoms with Gasteiger partial charge in [0.25, 0.3) is 5.91 Å². The summed E-state index contributed by atoms with van der Waals surface area (Å²) in [6, 6.07) is 5.51. The van der Waals surface area contributed by atoms with Crippen molar-refractivity contribution in [3.8, 4) is 0 Å². The van der Waals surface area contributed by atoms with E-state index in [0.717, 1.165) is 4.88 Å². The van der Waals surface area contributed by atoms with Crippen LogP contribution >= 0.6 is 11.3 Å². The van der Waals surface area contributed by atoms with E-state index in [4.69, 9.17) is 10.5 Å². The van der Waals surface area contributed by atoms with Gasteiger partial charge in [0.2, 0.25) is 5.95 Å². The Morgan fingerprint density at radius 1 is 1.55 bits per heavy atom. The minimum Gasteiger partial charge on any atom is -0.374 e. The topological polar surface area (TPSA) is 90.1 Å². The molecule has 0 bridgehead atoms. The van der Waals surface area contributed by atoms with Gasteiger partial charge in [0, 0.05) is 24.2 Å². The summed E-state index contributed by atoms with van der Waals surface area (Å²) < 4.78 is 5.37. The van der Waals surface area contributed by atoms with Crippen molar-refractivity contribution in [1.29, 1.82) is 0 Å². The molecule has 0 saturated heterocycles. The molecule has 0 spiro atoms. The number of carbonyl (C=O) groups is 1. The lowest BCUT2D eigenvalue weighted by Gasteiger charge is -2.14. The Morgan fingerprint density at radius 3 is 2.95 bits per heavy atom. The molecule has 106 valence electrons. The monoisotopic (exact) mass is 292 g/mol. The SMILES string of the molecule is CO[C@H](CNC(=O)c1cc(C)nc(N)n1)c1cccs1. The summed E-state index contributed by atoms with van der Waals surface area (Å²) in [4.78, 5) is 20.9. The smallest absolute Gasteiger partial charge is 0.270 e. The molecule has 0 aliphatic heterocycles. The van der Waals surface area contributed by atoms with Crippen molar-refractivity contribution in [1.82, 2.24) is 15.3 Å². The summed E-state index contributed by atoms with van der Waals surface area (Å²) in [7, 11) is 1.61. The Balaban J connectivity index is 2.01. The number of nitrogens with zero attached hydrogens (tertiary/aromatic N) is 2. The fourth-order valence-electron chi connectivity index (χ4n) is 1.76. The summed E-state index contributed by atoms with van der Waals surface area (Å²) in [5.74, 6) is -0.197. The average molecular weight is 292 g/mol. The van der Waals surface area contributed by atoms with Crippen LogP contribution in [0.5, 0.6) is 0 Å². The van der Waals surface area contributed by atoms with E-state index in [-0.39, 0.29) is 23.7 Å². The molecule has 0 aliphatic carbocycles. The second kappa shape index (κ2) is 6.44. The van der Waals surface area contributed by atoms with Crippen LogP contribution in [0.1, 0.15) is 27.2 Å². The molecule has 0 radical (unpaired) electrons. The molecule has 6 nitrogen and oxygen atoms in total. The standard InChI is InChI=1S/C13H16N4O2S/c1-8-6-9(17-13(14)16-8)12(18)15-7-10(19-2)11-4-3-5-20-11/h3-6,10H,7H2,1-2H3,(H,15,18)(H2,14,16,17)/t10-/m1/s1. The minimum atomic E-state index is -0.291. The highest BCUT2D eigenvalue weighted by atomic mass is 32.1. The van der Waals surface area contributed by atoms with Gasteiger partial charge in [0.05, 0.1) is 0 Å². The van der Waals surface area contributed by atoms with Crippen LogP contribution in [0.15, 0.2) is 23.6 Å². The van der Waals surface area contributed by atoms with E-state index >= 15 is 0 Å². The summed E-state index contributed by atoms with van der Waals surface area (Å²) in [5.41, 5.74) is 6.45. The molecule has 2 heterocycles. The van der Waals surface area contributed by atoms with Gasteiger partial charge in [-0.1, -0.05) is 6.07 Å². The lowest BCUT2D eigenvalue weighted by Crippen LogP contribution is -2.29. The van der Waals surface area contributed by atoms with Crippen molar-refractivity contribution in [3.63, 3.8) is 0 Å². The number of nitrogen functional groups attached to an aromatic ring is 1. The van der Waals surface area contributed by atoms with Crippen LogP contribution in [0.25, 0.3) is 0 Å². The molecule has 0 saturated carbocycles. The van der Waals surface area contributed by atoms with E-state index in [9.17, 15) is 4.79 Å². The normalized spacial score (nSPS) is 12.1. The maximum Gasteiger partial charge on any atom is 0.270 e. The molecule has 7 heteroatoms. The van der Waals surface area contributed by atoms with Crippen LogP contribution < -0.4 is 11.1 Å². The molecule has 0 unspecified atom stereocenters. The Bertz CT molecular complexity index is 566. The number of nitrogens with one attached hydrogen (secondary N) is 1. The van der Waals surface area contributed by atoms with Gasteiger partial charge in [0.15, 0.2) is 0 Å². The number of anilines is 1. The molecule has 3 N–H and O–H groups in total. The number of thiophene rings is 1. The molecule has 1 atom stereocenters. The van der Waals surface area contributed by atoms with Crippen molar-refractivity contribution in [2.45, 2.75) is 13.0 Å². The number of ether oxygens (including phenoxy) is 1. The van der Waals surface area contributed by atoms with E-state index in [0.29, 0.717) is 12.2 Å². The maximum atomic E-state index is 12.0. The van der Waals surface area contributed by atoms with Crippen LogP contribution in [-0.2, 0) is 4.74 Å². The molecule has 1 amide bonds. The number of amides is 1. The van der Waals surface area contributed by atoms with Crippen molar-refractivity contribution in [2.24, 2.45) is 0 Å². The minimum absolute atomic E-state index is 0.0942. The lowest BCUT2D eigenvalue weighted by molar-refractivity contribution is 0.0833. The van der Waals surface area contributed by atoms with Crippen LogP contribution in [0.3, 0.4) is 0 Å². The number of aryl methyl sites for hydroxylation is 1. The number of hydrogen-bond donors (Lipinski definition) is 2. The first kappa shape index (κ1) is 14.4. The van der Waals surface area contributed by atoms with Crippen molar-refractivity contribution in [3.05, 3.63) is 39.8 Å². The van der Waals surface area contributed by atoms with Crippen LogP contribution in [0.2, 0.25) is 0 Å². The van der Waals surface area contributed by atoms with Gasteiger partial charge in [-0.05, 0) is 24.4 Å². The zero-order valence-corrected chi connectivity index (χ0v) is 12.1. The third kappa shape index (κ3) is 3.52. The molecule has 2 rings (SSSR count). The molecule has 2 aromatic heterocycles. The summed E-state index contributed by atoms with van der Waals surface area (Å²) in [6.45, 7) is 2.14.